The van der Waals surface area contributed by atoms with Crippen molar-refractivity contribution in [2.45, 2.75) is 13.3 Å². The van der Waals surface area contributed by atoms with Crippen LogP contribution in [0.1, 0.15) is 11.3 Å². The minimum Gasteiger partial charge on any atom is -0.497 e. The molecule has 6 heteroatoms. The van der Waals surface area contributed by atoms with E-state index in [-0.39, 0.29) is 5.82 Å². The third kappa shape index (κ3) is 4.92. The number of methoxy groups -OCH3 is 1. The number of hydrogen-bond donors (Lipinski definition) is 2. The van der Waals surface area contributed by atoms with E-state index in [9.17, 15) is 4.39 Å². The lowest BCUT2D eigenvalue weighted by Crippen LogP contribution is -2.09. The van der Waals surface area contributed by atoms with Gasteiger partial charge in [-0.15, -0.1) is 0 Å². The zero-order valence-electron chi connectivity index (χ0n) is 14.8. The van der Waals surface area contributed by atoms with E-state index in [1.165, 1.54) is 17.7 Å². The Kier molecular flexibility index (Phi) is 5.63. The second-order valence-corrected chi connectivity index (χ2v) is 5.88. The van der Waals surface area contributed by atoms with Crippen LogP contribution in [0.3, 0.4) is 0 Å². The van der Waals surface area contributed by atoms with E-state index in [1.54, 1.807) is 19.2 Å². The van der Waals surface area contributed by atoms with Gasteiger partial charge >= 0.3 is 0 Å². The maximum Gasteiger partial charge on any atom is 0.229 e. The van der Waals surface area contributed by atoms with Crippen molar-refractivity contribution in [3.8, 4) is 5.75 Å². The van der Waals surface area contributed by atoms with E-state index in [0.717, 1.165) is 30.2 Å². The third-order valence-corrected chi connectivity index (χ3v) is 3.79. The number of hydrogen-bond acceptors (Lipinski definition) is 5. The summed E-state index contributed by atoms with van der Waals surface area (Å²) in [6.07, 6.45) is 0.840. The summed E-state index contributed by atoms with van der Waals surface area (Å²) in [5, 5.41) is 6.33. The van der Waals surface area contributed by atoms with Gasteiger partial charge in [-0.25, -0.2) is 9.37 Å². The topological polar surface area (TPSA) is 59.1 Å². The first-order valence-electron chi connectivity index (χ1n) is 8.37. The van der Waals surface area contributed by atoms with Crippen molar-refractivity contribution < 1.29 is 9.13 Å². The molecule has 0 atom stereocenters. The normalized spacial score (nSPS) is 10.4. The Labute approximate surface area is 152 Å². The summed E-state index contributed by atoms with van der Waals surface area (Å²) >= 11 is 0. The molecule has 0 aliphatic carbocycles. The molecule has 2 N–H and O–H groups in total. The first-order chi connectivity index (χ1) is 12.6. The molecule has 0 amide bonds. The Bertz CT molecular complexity index is 885. The van der Waals surface area contributed by atoms with E-state index >= 15 is 0 Å². The van der Waals surface area contributed by atoms with Gasteiger partial charge in [0.15, 0.2) is 0 Å². The van der Waals surface area contributed by atoms with E-state index < -0.39 is 0 Å². The molecule has 0 spiro atoms. The van der Waals surface area contributed by atoms with Crippen LogP contribution in [0.15, 0.2) is 54.6 Å². The minimum absolute atomic E-state index is 0.306. The fourth-order valence-electron chi connectivity index (χ4n) is 2.57. The van der Waals surface area contributed by atoms with Crippen LogP contribution in [0, 0.1) is 12.7 Å². The van der Waals surface area contributed by atoms with E-state index in [0.29, 0.717) is 11.6 Å². The molecular formula is C20H21FN4O. The summed E-state index contributed by atoms with van der Waals surface area (Å²) < 4.78 is 18.5. The molecule has 3 aromatic rings. The molecular weight excluding hydrogens is 331 g/mol. The first-order valence-corrected chi connectivity index (χ1v) is 8.37. The smallest absolute Gasteiger partial charge is 0.229 e. The molecule has 0 saturated carbocycles. The molecule has 5 nitrogen and oxygen atoms in total. The molecule has 134 valence electrons. The van der Waals surface area contributed by atoms with E-state index in [2.05, 4.69) is 26.7 Å². The molecule has 1 aromatic heterocycles. The number of aromatic nitrogens is 2. The van der Waals surface area contributed by atoms with Gasteiger partial charge in [-0.05, 0) is 49.2 Å². The number of nitrogens with one attached hydrogen (secondary N) is 2. The van der Waals surface area contributed by atoms with Crippen LogP contribution >= 0.6 is 0 Å². The maximum atomic E-state index is 13.3. The van der Waals surface area contributed by atoms with Gasteiger partial charge in [-0.1, -0.05) is 18.2 Å². The SMILES string of the molecule is COc1cccc(CCNc2cc(C)nc(Nc3cccc(F)c3)n2)c1. The number of benzene rings is 2. The molecule has 0 aliphatic heterocycles. The van der Waals surface area contributed by atoms with Crippen molar-refractivity contribution >= 4 is 17.5 Å². The molecule has 0 fully saturated rings. The summed E-state index contributed by atoms with van der Waals surface area (Å²) in [5.74, 6) is 1.69. The summed E-state index contributed by atoms with van der Waals surface area (Å²) in [6, 6.07) is 16.1. The number of ether oxygens (including phenoxy) is 1. The molecule has 2 aromatic carbocycles. The Morgan fingerprint density at radius 1 is 1.04 bits per heavy atom. The highest BCUT2D eigenvalue weighted by atomic mass is 19.1. The molecule has 1 heterocycles. The summed E-state index contributed by atoms with van der Waals surface area (Å²) in [4.78, 5) is 8.79. The Morgan fingerprint density at radius 2 is 1.88 bits per heavy atom. The van der Waals surface area contributed by atoms with Crippen LogP contribution in [0.4, 0.5) is 21.8 Å². The lowest BCUT2D eigenvalue weighted by atomic mass is 10.1. The highest BCUT2D eigenvalue weighted by molar-refractivity contribution is 5.55. The highest BCUT2D eigenvalue weighted by Crippen LogP contribution is 2.17. The average Bonchev–Trinajstić information content (AvgIpc) is 2.61. The van der Waals surface area contributed by atoms with Gasteiger partial charge < -0.3 is 15.4 Å². The predicted molar refractivity (Wildman–Crippen MR) is 102 cm³/mol. The summed E-state index contributed by atoms with van der Waals surface area (Å²) in [6.45, 7) is 2.62. The quantitative estimate of drug-likeness (QED) is 0.663. The van der Waals surface area contributed by atoms with Crippen LogP contribution in [0.2, 0.25) is 0 Å². The lowest BCUT2D eigenvalue weighted by Gasteiger charge is -2.10. The third-order valence-electron chi connectivity index (χ3n) is 3.79. The fourth-order valence-corrected chi connectivity index (χ4v) is 2.57. The molecule has 0 unspecified atom stereocenters. The molecule has 0 bridgehead atoms. The number of anilines is 3. The van der Waals surface area contributed by atoms with Gasteiger partial charge in [0.05, 0.1) is 7.11 Å². The van der Waals surface area contributed by atoms with Crippen molar-refractivity contribution in [2.75, 3.05) is 24.3 Å². The minimum atomic E-state index is -0.306. The van der Waals surface area contributed by atoms with Crippen LogP contribution in [-0.4, -0.2) is 23.6 Å². The van der Waals surface area contributed by atoms with Crippen molar-refractivity contribution in [3.05, 3.63) is 71.7 Å². The highest BCUT2D eigenvalue weighted by Gasteiger charge is 2.04. The van der Waals surface area contributed by atoms with Gasteiger partial charge in [0.25, 0.3) is 0 Å². The Balaban J connectivity index is 1.63. The number of rotatable bonds is 7. The van der Waals surface area contributed by atoms with Crippen LogP contribution in [0.5, 0.6) is 5.75 Å². The number of aryl methyl sites for hydroxylation is 1. The van der Waals surface area contributed by atoms with Gasteiger partial charge in [-0.3, -0.25) is 0 Å². The second-order valence-electron chi connectivity index (χ2n) is 5.88. The lowest BCUT2D eigenvalue weighted by molar-refractivity contribution is 0.414. The van der Waals surface area contributed by atoms with Crippen molar-refractivity contribution in [2.24, 2.45) is 0 Å². The zero-order chi connectivity index (χ0) is 18.4. The second kappa shape index (κ2) is 8.29. The van der Waals surface area contributed by atoms with E-state index in [1.807, 2.05) is 31.2 Å². The standard InChI is InChI=1S/C20H21FN4O/c1-14-11-19(22-10-9-15-5-3-8-18(12-15)26-2)25-20(23-14)24-17-7-4-6-16(21)13-17/h3-8,11-13H,9-10H2,1-2H3,(H2,22,23,24,25). The van der Waals surface area contributed by atoms with E-state index in [4.69, 9.17) is 4.74 Å². The van der Waals surface area contributed by atoms with Gasteiger partial charge in [0, 0.05) is 24.0 Å². The largest absolute Gasteiger partial charge is 0.497 e. The maximum absolute atomic E-state index is 13.3. The monoisotopic (exact) mass is 352 g/mol. The summed E-state index contributed by atoms with van der Waals surface area (Å²) in [7, 11) is 1.66. The van der Waals surface area contributed by atoms with Gasteiger partial charge in [0.1, 0.15) is 17.4 Å². The van der Waals surface area contributed by atoms with Crippen molar-refractivity contribution in [3.63, 3.8) is 0 Å². The predicted octanol–water partition coefficient (Wildman–Crippen LogP) is 4.33. The van der Waals surface area contributed by atoms with Crippen molar-refractivity contribution in [1.29, 1.82) is 0 Å². The fraction of sp³-hybridized carbons (Fsp3) is 0.200. The first kappa shape index (κ1) is 17.7. The Hall–Kier alpha value is -3.15. The van der Waals surface area contributed by atoms with Crippen LogP contribution in [0.25, 0.3) is 0 Å². The van der Waals surface area contributed by atoms with Crippen molar-refractivity contribution in [1.82, 2.24) is 9.97 Å². The molecule has 0 saturated heterocycles. The molecule has 0 radical (unpaired) electrons. The number of halogens is 1. The van der Waals surface area contributed by atoms with Gasteiger partial charge in [0.2, 0.25) is 5.95 Å². The van der Waals surface area contributed by atoms with Gasteiger partial charge in [-0.2, -0.15) is 4.98 Å². The number of nitrogens with zero attached hydrogens (tertiary/aromatic N) is 2. The zero-order valence-corrected chi connectivity index (χ0v) is 14.8. The van der Waals surface area contributed by atoms with Crippen LogP contribution < -0.4 is 15.4 Å². The molecule has 0 aliphatic rings. The summed E-state index contributed by atoms with van der Waals surface area (Å²) in [5.41, 5.74) is 2.61. The van der Waals surface area contributed by atoms with Crippen LogP contribution in [-0.2, 0) is 6.42 Å². The Morgan fingerprint density at radius 3 is 2.69 bits per heavy atom. The molecule has 26 heavy (non-hydrogen) atoms. The molecule has 3 rings (SSSR count). The average molecular weight is 352 g/mol.